The fraction of sp³-hybridized carbons (Fsp3) is 0.0312. The lowest BCUT2D eigenvalue weighted by atomic mass is 10.0. The fourth-order valence-corrected chi connectivity index (χ4v) is 5.01. The number of pyridine rings is 1. The van der Waals surface area contributed by atoms with E-state index in [2.05, 4.69) is 46.7 Å². The van der Waals surface area contributed by atoms with E-state index in [1.165, 1.54) is 5.56 Å². The van der Waals surface area contributed by atoms with E-state index in [1.54, 1.807) is 6.20 Å². The molecule has 1 atom stereocenters. The van der Waals surface area contributed by atoms with Crippen LogP contribution in [-0.2, 0) is 0 Å². The molecule has 7 rings (SSSR count). The number of furan rings is 1. The Morgan fingerprint density at radius 1 is 0.711 bits per heavy atom. The van der Waals surface area contributed by atoms with Crippen molar-refractivity contribution in [1.82, 2.24) is 10.3 Å². The fourth-order valence-electron chi connectivity index (χ4n) is 4.84. The van der Waals surface area contributed by atoms with Gasteiger partial charge in [0.15, 0.2) is 11.4 Å². The zero-order chi connectivity index (χ0) is 25.5. The summed E-state index contributed by atoms with van der Waals surface area (Å²) in [6.45, 7) is 0. The minimum atomic E-state index is -0.328. The normalized spacial score (nSPS) is 15.2. The molecule has 1 aliphatic rings. The first-order valence-corrected chi connectivity index (χ1v) is 12.7. The van der Waals surface area contributed by atoms with E-state index in [0.29, 0.717) is 27.9 Å². The van der Waals surface area contributed by atoms with Crippen LogP contribution < -0.4 is 5.32 Å². The van der Waals surface area contributed by atoms with Crippen molar-refractivity contribution in [3.05, 3.63) is 137 Å². The molecule has 0 fully saturated rings. The van der Waals surface area contributed by atoms with Crippen LogP contribution in [0.3, 0.4) is 0 Å². The van der Waals surface area contributed by atoms with Crippen LogP contribution in [0, 0.1) is 0 Å². The van der Waals surface area contributed by atoms with Crippen LogP contribution in [0.4, 0.5) is 0 Å². The Morgan fingerprint density at radius 2 is 1.42 bits per heavy atom. The highest BCUT2D eigenvalue weighted by Gasteiger charge is 2.24. The van der Waals surface area contributed by atoms with Gasteiger partial charge in [-0.15, -0.1) is 0 Å². The number of nitrogens with zero attached hydrogens (tertiary/aromatic N) is 3. The highest BCUT2D eigenvalue weighted by molar-refractivity contribution is 6.31. The SMILES string of the molecule is Clc1ccc2c(c1)oc1cncc(C3=NC(c4ccccc4)=NC(c4ccc(-c5ccccc5)cc4)N3)c12. The van der Waals surface area contributed by atoms with Gasteiger partial charge in [0.25, 0.3) is 0 Å². The Kier molecular flexibility index (Phi) is 5.49. The molecular formula is C32H21ClN4O. The topological polar surface area (TPSA) is 62.8 Å². The van der Waals surface area contributed by atoms with Crippen LogP contribution in [0.2, 0.25) is 5.02 Å². The van der Waals surface area contributed by atoms with Gasteiger partial charge in [-0.05, 0) is 28.8 Å². The van der Waals surface area contributed by atoms with Gasteiger partial charge in [0, 0.05) is 39.2 Å². The highest BCUT2D eigenvalue weighted by atomic mass is 35.5. The maximum atomic E-state index is 6.23. The van der Waals surface area contributed by atoms with Crippen LogP contribution in [0.25, 0.3) is 33.1 Å². The summed E-state index contributed by atoms with van der Waals surface area (Å²) >= 11 is 6.23. The minimum absolute atomic E-state index is 0.328. The molecule has 6 aromatic rings. The van der Waals surface area contributed by atoms with E-state index < -0.39 is 0 Å². The van der Waals surface area contributed by atoms with Crippen LogP contribution in [-0.4, -0.2) is 16.7 Å². The number of nitrogens with one attached hydrogen (secondary N) is 1. The molecule has 5 nitrogen and oxygen atoms in total. The van der Waals surface area contributed by atoms with Gasteiger partial charge in [-0.1, -0.05) is 96.5 Å². The maximum absolute atomic E-state index is 6.23. The number of fused-ring (bicyclic) bond motifs is 3. The number of hydrogen-bond acceptors (Lipinski definition) is 5. The lowest BCUT2D eigenvalue weighted by Crippen LogP contribution is -2.33. The van der Waals surface area contributed by atoms with E-state index in [4.69, 9.17) is 26.0 Å². The number of hydrogen-bond donors (Lipinski definition) is 1. The lowest BCUT2D eigenvalue weighted by molar-refractivity contribution is 0.665. The lowest BCUT2D eigenvalue weighted by Gasteiger charge is -2.24. The zero-order valence-electron chi connectivity index (χ0n) is 20.2. The summed E-state index contributed by atoms with van der Waals surface area (Å²) in [4.78, 5) is 14.4. The molecule has 0 radical (unpaired) electrons. The molecule has 0 spiro atoms. The minimum Gasteiger partial charge on any atom is -0.454 e. The van der Waals surface area contributed by atoms with Crippen molar-refractivity contribution in [2.75, 3.05) is 0 Å². The molecule has 4 aromatic carbocycles. The van der Waals surface area contributed by atoms with Crippen LogP contribution in [0.1, 0.15) is 22.9 Å². The highest BCUT2D eigenvalue weighted by Crippen LogP contribution is 2.34. The first-order chi connectivity index (χ1) is 18.7. The number of halogens is 1. The molecule has 38 heavy (non-hydrogen) atoms. The van der Waals surface area contributed by atoms with Crippen molar-refractivity contribution in [1.29, 1.82) is 0 Å². The molecular weight excluding hydrogens is 492 g/mol. The smallest absolute Gasteiger partial charge is 0.159 e. The predicted molar refractivity (Wildman–Crippen MR) is 154 cm³/mol. The second-order valence-electron chi connectivity index (χ2n) is 9.12. The average Bonchev–Trinajstić information content (AvgIpc) is 3.35. The van der Waals surface area contributed by atoms with E-state index >= 15 is 0 Å². The van der Waals surface area contributed by atoms with E-state index in [-0.39, 0.29) is 6.17 Å². The molecule has 1 N–H and O–H groups in total. The van der Waals surface area contributed by atoms with Crippen LogP contribution in [0.15, 0.2) is 130 Å². The summed E-state index contributed by atoms with van der Waals surface area (Å²) in [6.07, 6.45) is 3.22. The van der Waals surface area contributed by atoms with Crippen molar-refractivity contribution in [2.45, 2.75) is 6.17 Å². The Labute approximate surface area is 224 Å². The monoisotopic (exact) mass is 512 g/mol. The largest absolute Gasteiger partial charge is 0.454 e. The molecule has 2 aromatic heterocycles. The Morgan fingerprint density at radius 3 is 2.18 bits per heavy atom. The summed E-state index contributed by atoms with van der Waals surface area (Å²) < 4.78 is 6.08. The molecule has 0 aliphatic carbocycles. The molecule has 0 amide bonds. The Hall–Kier alpha value is -4.74. The Balaban J connectivity index is 1.35. The number of aromatic nitrogens is 1. The zero-order valence-corrected chi connectivity index (χ0v) is 20.9. The van der Waals surface area contributed by atoms with Gasteiger partial charge in [0.1, 0.15) is 17.6 Å². The quantitative estimate of drug-likeness (QED) is 0.262. The molecule has 3 heterocycles. The summed E-state index contributed by atoms with van der Waals surface area (Å²) in [6, 6.07) is 34.5. The standard InChI is InChI=1S/C32H21ClN4O/c33-24-15-16-25-27(17-24)38-28-19-34-18-26(29(25)28)32-36-30(22-9-5-2-6-10-22)35-31(37-32)23-13-11-21(12-14-23)20-7-3-1-4-8-20/h1-19,31H,(H,35,36,37). The molecule has 0 bridgehead atoms. The van der Waals surface area contributed by atoms with E-state index in [0.717, 1.165) is 33.0 Å². The van der Waals surface area contributed by atoms with Crippen LogP contribution >= 0.6 is 11.6 Å². The third-order valence-corrected chi connectivity index (χ3v) is 6.94. The summed E-state index contributed by atoms with van der Waals surface area (Å²) in [5.74, 6) is 1.34. The summed E-state index contributed by atoms with van der Waals surface area (Å²) in [7, 11) is 0. The molecule has 1 unspecified atom stereocenters. The van der Waals surface area contributed by atoms with Gasteiger partial charge in [-0.3, -0.25) is 4.98 Å². The second-order valence-corrected chi connectivity index (χ2v) is 9.55. The maximum Gasteiger partial charge on any atom is 0.159 e. The van der Waals surface area contributed by atoms with Gasteiger partial charge in [0.05, 0.1) is 6.20 Å². The van der Waals surface area contributed by atoms with Crippen molar-refractivity contribution < 1.29 is 4.42 Å². The molecule has 6 heteroatoms. The van der Waals surface area contributed by atoms with Crippen LogP contribution in [0.5, 0.6) is 0 Å². The Bertz CT molecular complexity index is 1840. The molecule has 0 saturated carbocycles. The third-order valence-electron chi connectivity index (χ3n) is 6.71. The number of benzene rings is 4. The second kappa shape index (κ2) is 9.29. The van der Waals surface area contributed by atoms with E-state index in [1.807, 2.05) is 72.9 Å². The van der Waals surface area contributed by atoms with Gasteiger partial charge >= 0.3 is 0 Å². The van der Waals surface area contributed by atoms with Gasteiger partial charge in [-0.25, -0.2) is 9.98 Å². The third kappa shape index (κ3) is 4.03. The van der Waals surface area contributed by atoms with Gasteiger partial charge in [0.2, 0.25) is 0 Å². The van der Waals surface area contributed by atoms with Crippen molar-refractivity contribution >= 4 is 45.2 Å². The van der Waals surface area contributed by atoms with Gasteiger partial charge in [-0.2, -0.15) is 0 Å². The van der Waals surface area contributed by atoms with Crippen molar-refractivity contribution in [3.8, 4) is 11.1 Å². The first kappa shape index (κ1) is 22.5. The molecule has 0 saturated heterocycles. The summed E-state index contributed by atoms with van der Waals surface area (Å²) in [5.41, 5.74) is 6.55. The van der Waals surface area contributed by atoms with Crippen molar-refractivity contribution in [3.63, 3.8) is 0 Å². The number of amidine groups is 2. The first-order valence-electron chi connectivity index (χ1n) is 12.3. The predicted octanol–water partition coefficient (Wildman–Crippen LogP) is 7.80. The summed E-state index contributed by atoms with van der Waals surface area (Å²) in [5, 5.41) is 6.07. The van der Waals surface area contributed by atoms with Crippen molar-refractivity contribution in [2.24, 2.45) is 9.98 Å². The molecule has 1 aliphatic heterocycles. The average molecular weight is 513 g/mol. The van der Waals surface area contributed by atoms with E-state index in [9.17, 15) is 0 Å². The molecule has 182 valence electrons. The number of aliphatic imine (C=N–C) groups is 2. The van der Waals surface area contributed by atoms with Gasteiger partial charge < -0.3 is 9.73 Å². The number of rotatable bonds is 4.